The van der Waals surface area contributed by atoms with Crippen LogP contribution >= 0.6 is 11.6 Å². The lowest BCUT2D eigenvalue weighted by Crippen LogP contribution is -2.27. The van der Waals surface area contributed by atoms with Gasteiger partial charge < -0.3 is 14.8 Å². The van der Waals surface area contributed by atoms with Gasteiger partial charge in [0, 0.05) is 28.6 Å². The maximum absolute atomic E-state index is 13.1. The molecule has 4 aromatic rings. The second-order valence-corrected chi connectivity index (χ2v) is 9.66. The number of amides is 1. The molecule has 182 valence electrons. The minimum absolute atomic E-state index is 0.173. The van der Waals surface area contributed by atoms with Gasteiger partial charge in [-0.2, -0.15) is 5.10 Å². The average molecular weight is 493 g/mol. The molecule has 1 N–H and O–H groups in total. The van der Waals surface area contributed by atoms with Gasteiger partial charge in [-0.15, -0.1) is 0 Å². The lowest BCUT2D eigenvalue weighted by atomic mass is 9.93. The highest BCUT2D eigenvalue weighted by molar-refractivity contribution is 6.33. The Labute approximate surface area is 210 Å². The first kappa shape index (κ1) is 24.5. The van der Waals surface area contributed by atoms with Crippen molar-refractivity contribution in [3.63, 3.8) is 0 Å². The van der Waals surface area contributed by atoms with Crippen molar-refractivity contribution >= 4 is 23.2 Å². The van der Waals surface area contributed by atoms with E-state index in [2.05, 4.69) is 31.1 Å². The number of carbonyl (C=O) groups is 1. The molecule has 2 heterocycles. The van der Waals surface area contributed by atoms with Gasteiger partial charge in [-0.25, -0.2) is 9.50 Å². The van der Waals surface area contributed by atoms with Crippen molar-refractivity contribution in [2.75, 3.05) is 20.8 Å². The van der Waals surface area contributed by atoms with Crippen LogP contribution in [-0.2, 0) is 11.8 Å². The summed E-state index contributed by atoms with van der Waals surface area (Å²) in [5, 5.41) is 8.32. The van der Waals surface area contributed by atoms with E-state index in [-0.39, 0.29) is 11.3 Å². The van der Waals surface area contributed by atoms with Gasteiger partial charge in [-0.3, -0.25) is 4.79 Å². The molecule has 0 fully saturated rings. The van der Waals surface area contributed by atoms with Crippen LogP contribution in [0, 0.1) is 0 Å². The van der Waals surface area contributed by atoms with Crippen LogP contribution in [0.3, 0.4) is 0 Å². The van der Waals surface area contributed by atoms with Crippen LogP contribution in [0.15, 0.2) is 54.6 Å². The minimum atomic E-state index is -0.264. The second kappa shape index (κ2) is 9.96. The van der Waals surface area contributed by atoms with E-state index in [1.807, 2.05) is 48.5 Å². The van der Waals surface area contributed by atoms with Gasteiger partial charge in [0.1, 0.15) is 5.69 Å². The molecule has 0 radical (unpaired) electrons. The molecular formula is C27H29ClN4O3. The Hall–Kier alpha value is -3.58. The van der Waals surface area contributed by atoms with E-state index in [1.54, 1.807) is 24.8 Å². The third-order valence-electron chi connectivity index (χ3n) is 5.73. The normalized spacial score (nSPS) is 11.5. The van der Waals surface area contributed by atoms with Crippen molar-refractivity contribution in [2.45, 2.75) is 32.6 Å². The van der Waals surface area contributed by atoms with E-state index in [0.29, 0.717) is 46.5 Å². The van der Waals surface area contributed by atoms with Crippen molar-refractivity contribution in [2.24, 2.45) is 0 Å². The van der Waals surface area contributed by atoms with Crippen molar-refractivity contribution in [1.82, 2.24) is 19.9 Å². The first-order valence-electron chi connectivity index (χ1n) is 11.4. The molecule has 2 aromatic heterocycles. The Bertz CT molecular complexity index is 1370. The van der Waals surface area contributed by atoms with Crippen LogP contribution in [0.25, 0.3) is 16.9 Å². The molecule has 7 nitrogen and oxygen atoms in total. The number of ether oxygens (including phenoxy) is 2. The van der Waals surface area contributed by atoms with E-state index in [4.69, 9.17) is 26.2 Å². The standard InChI is InChI=1S/C27H29ClN4O3/c1-27(2,3)24-16-25-30-20(15-21(32(25)31-24)18-8-6-7-9-19(18)28)26(33)29-13-12-17-10-11-22(34-4)23(14-17)35-5/h6-11,14-16H,12-13H2,1-5H3,(H,29,33). The van der Waals surface area contributed by atoms with Crippen LogP contribution in [0.1, 0.15) is 42.5 Å². The van der Waals surface area contributed by atoms with E-state index < -0.39 is 0 Å². The molecule has 0 aliphatic rings. The summed E-state index contributed by atoms with van der Waals surface area (Å²) in [7, 11) is 3.20. The highest BCUT2D eigenvalue weighted by Gasteiger charge is 2.22. The number of nitrogens with one attached hydrogen (secondary N) is 1. The minimum Gasteiger partial charge on any atom is -0.493 e. The number of hydrogen-bond acceptors (Lipinski definition) is 5. The van der Waals surface area contributed by atoms with Gasteiger partial charge >= 0.3 is 0 Å². The van der Waals surface area contributed by atoms with E-state index >= 15 is 0 Å². The zero-order valence-electron chi connectivity index (χ0n) is 20.6. The molecule has 0 saturated carbocycles. The zero-order valence-corrected chi connectivity index (χ0v) is 21.3. The summed E-state index contributed by atoms with van der Waals surface area (Å²) in [6.07, 6.45) is 0.632. The summed E-state index contributed by atoms with van der Waals surface area (Å²) in [5.74, 6) is 1.06. The van der Waals surface area contributed by atoms with Crippen molar-refractivity contribution in [3.05, 3.63) is 76.6 Å². The van der Waals surface area contributed by atoms with Crippen LogP contribution in [-0.4, -0.2) is 41.3 Å². The lowest BCUT2D eigenvalue weighted by Gasteiger charge is -2.14. The molecule has 0 unspecified atom stereocenters. The van der Waals surface area contributed by atoms with Crippen LogP contribution in [0.5, 0.6) is 11.5 Å². The van der Waals surface area contributed by atoms with E-state index in [9.17, 15) is 4.79 Å². The Morgan fingerprint density at radius 3 is 2.46 bits per heavy atom. The molecule has 0 aliphatic carbocycles. The summed E-state index contributed by atoms with van der Waals surface area (Å²) in [4.78, 5) is 17.7. The summed E-state index contributed by atoms with van der Waals surface area (Å²) < 4.78 is 12.4. The van der Waals surface area contributed by atoms with Crippen molar-refractivity contribution in [3.8, 4) is 22.8 Å². The number of rotatable bonds is 7. The van der Waals surface area contributed by atoms with E-state index in [1.165, 1.54) is 0 Å². The van der Waals surface area contributed by atoms with E-state index in [0.717, 1.165) is 16.8 Å². The average Bonchev–Trinajstić information content (AvgIpc) is 3.29. The Kier molecular flexibility index (Phi) is 6.98. The summed E-state index contributed by atoms with van der Waals surface area (Å²) in [6, 6.07) is 16.9. The quantitative estimate of drug-likeness (QED) is 0.377. The Morgan fingerprint density at radius 1 is 1.03 bits per heavy atom. The predicted octanol–water partition coefficient (Wildman–Crippen LogP) is 5.34. The lowest BCUT2D eigenvalue weighted by molar-refractivity contribution is 0.0949. The maximum atomic E-state index is 13.1. The molecule has 0 bridgehead atoms. The summed E-state index contributed by atoms with van der Waals surface area (Å²) in [5.41, 5.74) is 4.12. The van der Waals surface area contributed by atoms with Gasteiger partial charge in [0.15, 0.2) is 17.1 Å². The second-order valence-electron chi connectivity index (χ2n) is 9.25. The monoisotopic (exact) mass is 492 g/mol. The number of hydrogen-bond donors (Lipinski definition) is 1. The Balaban J connectivity index is 1.62. The number of benzene rings is 2. The van der Waals surface area contributed by atoms with Gasteiger partial charge in [0.2, 0.25) is 0 Å². The fourth-order valence-electron chi connectivity index (χ4n) is 3.77. The largest absolute Gasteiger partial charge is 0.493 e. The molecule has 0 aliphatic heterocycles. The molecule has 0 spiro atoms. The predicted molar refractivity (Wildman–Crippen MR) is 138 cm³/mol. The molecule has 35 heavy (non-hydrogen) atoms. The molecule has 4 rings (SSSR count). The zero-order chi connectivity index (χ0) is 25.2. The van der Waals surface area contributed by atoms with Gasteiger partial charge in [-0.1, -0.05) is 56.6 Å². The SMILES string of the molecule is COc1ccc(CCNC(=O)c2cc(-c3ccccc3Cl)n3nc(C(C)(C)C)cc3n2)cc1OC. The molecular weight excluding hydrogens is 464 g/mol. The first-order valence-corrected chi connectivity index (χ1v) is 11.7. The number of methoxy groups -OCH3 is 2. The van der Waals surface area contributed by atoms with Crippen LogP contribution < -0.4 is 14.8 Å². The molecule has 0 saturated heterocycles. The third-order valence-corrected chi connectivity index (χ3v) is 6.05. The van der Waals surface area contributed by atoms with Crippen LogP contribution in [0.4, 0.5) is 0 Å². The van der Waals surface area contributed by atoms with Gasteiger partial charge in [0.05, 0.1) is 25.6 Å². The number of carbonyl (C=O) groups excluding carboxylic acids is 1. The molecule has 8 heteroatoms. The fourth-order valence-corrected chi connectivity index (χ4v) is 4.00. The molecule has 1 amide bonds. The molecule has 0 atom stereocenters. The maximum Gasteiger partial charge on any atom is 0.270 e. The summed E-state index contributed by atoms with van der Waals surface area (Å²) >= 11 is 6.50. The van der Waals surface area contributed by atoms with Crippen molar-refractivity contribution < 1.29 is 14.3 Å². The highest BCUT2D eigenvalue weighted by Crippen LogP contribution is 2.31. The number of fused-ring (bicyclic) bond motifs is 1. The fraction of sp³-hybridized carbons (Fsp3) is 0.296. The molecule has 2 aromatic carbocycles. The first-order chi connectivity index (χ1) is 16.7. The number of halogens is 1. The van der Waals surface area contributed by atoms with Crippen molar-refractivity contribution in [1.29, 1.82) is 0 Å². The highest BCUT2D eigenvalue weighted by atomic mass is 35.5. The van der Waals surface area contributed by atoms with Gasteiger partial charge in [-0.05, 0) is 36.2 Å². The number of aromatic nitrogens is 3. The topological polar surface area (TPSA) is 77.8 Å². The smallest absolute Gasteiger partial charge is 0.270 e. The third kappa shape index (κ3) is 5.25. The van der Waals surface area contributed by atoms with Gasteiger partial charge in [0.25, 0.3) is 5.91 Å². The number of nitrogens with zero attached hydrogens (tertiary/aromatic N) is 3. The Morgan fingerprint density at radius 2 is 1.77 bits per heavy atom. The van der Waals surface area contributed by atoms with Crippen LogP contribution in [0.2, 0.25) is 5.02 Å². The summed E-state index contributed by atoms with van der Waals surface area (Å²) in [6.45, 7) is 6.71.